The summed E-state index contributed by atoms with van der Waals surface area (Å²) in [5, 5.41) is 3.03. The molecule has 2 amide bonds. The van der Waals surface area contributed by atoms with Gasteiger partial charge >= 0.3 is 0 Å². The molecule has 2 fully saturated rings. The van der Waals surface area contributed by atoms with Gasteiger partial charge in [-0.25, -0.2) is 0 Å². The Bertz CT molecular complexity index is 384. The maximum Gasteiger partial charge on any atom is 0.248 e. The van der Waals surface area contributed by atoms with Gasteiger partial charge in [-0.3, -0.25) is 9.59 Å². The molecule has 0 aromatic rings. The molecule has 0 aromatic carbocycles. The minimum atomic E-state index is -0.667. The molecule has 0 bridgehead atoms. The number of carbonyl (C=O) groups is 2. The van der Waals surface area contributed by atoms with E-state index in [1.165, 1.54) is 12.8 Å². The van der Waals surface area contributed by atoms with E-state index in [-0.39, 0.29) is 17.9 Å². The van der Waals surface area contributed by atoms with Crippen molar-refractivity contribution in [1.29, 1.82) is 0 Å². The zero-order valence-corrected chi connectivity index (χ0v) is 13.2. The van der Waals surface area contributed by atoms with Crippen molar-refractivity contribution in [2.45, 2.75) is 71.4 Å². The zero-order chi connectivity index (χ0) is 14.9. The van der Waals surface area contributed by atoms with Crippen LogP contribution in [0.4, 0.5) is 0 Å². The molecule has 0 spiro atoms. The predicted molar refractivity (Wildman–Crippen MR) is 79.1 cm³/mol. The Labute approximate surface area is 122 Å². The largest absolute Gasteiger partial charge is 0.340 e. The first-order chi connectivity index (χ1) is 9.43. The summed E-state index contributed by atoms with van der Waals surface area (Å²) in [5.41, 5.74) is -0.667. The van der Waals surface area contributed by atoms with E-state index < -0.39 is 5.54 Å². The van der Waals surface area contributed by atoms with Gasteiger partial charge in [0, 0.05) is 6.54 Å². The second-order valence-corrected chi connectivity index (χ2v) is 6.82. The van der Waals surface area contributed by atoms with E-state index in [9.17, 15) is 9.59 Å². The lowest BCUT2D eigenvalue weighted by molar-refractivity contribution is -0.156. The van der Waals surface area contributed by atoms with Crippen molar-refractivity contribution in [3.05, 3.63) is 0 Å². The molecule has 1 heterocycles. The van der Waals surface area contributed by atoms with Gasteiger partial charge in [0.05, 0.1) is 0 Å². The van der Waals surface area contributed by atoms with Crippen LogP contribution in [0.2, 0.25) is 0 Å². The Kier molecular flexibility index (Phi) is 4.40. The molecule has 20 heavy (non-hydrogen) atoms. The maximum atomic E-state index is 12.9. The predicted octanol–water partition coefficient (Wildman–Crippen LogP) is 2.33. The third kappa shape index (κ3) is 2.84. The Morgan fingerprint density at radius 3 is 2.30 bits per heavy atom. The summed E-state index contributed by atoms with van der Waals surface area (Å²) >= 11 is 0. The first-order valence-corrected chi connectivity index (χ1v) is 8.06. The SMILES string of the molecule is CCC1(CC)NC(=O)C(CC(C)C)N(CC2CC2)C1=O. The van der Waals surface area contributed by atoms with Gasteiger partial charge in [0.25, 0.3) is 0 Å². The standard InChI is InChI=1S/C16H28N2O2/c1-5-16(6-2)15(20)18(10-12-7-8-12)13(9-11(3)4)14(19)17-16/h11-13H,5-10H2,1-4H3,(H,17,19). The van der Waals surface area contributed by atoms with Gasteiger partial charge in [-0.2, -0.15) is 0 Å². The van der Waals surface area contributed by atoms with Gasteiger partial charge in [-0.1, -0.05) is 27.7 Å². The Balaban J connectivity index is 2.24. The fourth-order valence-electron chi connectivity index (χ4n) is 3.13. The van der Waals surface area contributed by atoms with Crippen LogP contribution >= 0.6 is 0 Å². The van der Waals surface area contributed by atoms with E-state index in [4.69, 9.17) is 0 Å². The van der Waals surface area contributed by atoms with E-state index in [0.717, 1.165) is 13.0 Å². The fraction of sp³-hybridized carbons (Fsp3) is 0.875. The van der Waals surface area contributed by atoms with E-state index >= 15 is 0 Å². The van der Waals surface area contributed by atoms with Crippen LogP contribution in [0.25, 0.3) is 0 Å². The summed E-state index contributed by atoms with van der Waals surface area (Å²) in [4.78, 5) is 27.3. The second-order valence-electron chi connectivity index (χ2n) is 6.82. The summed E-state index contributed by atoms with van der Waals surface area (Å²) in [5.74, 6) is 1.21. The number of hydrogen-bond acceptors (Lipinski definition) is 2. The second kappa shape index (κ2) is 5.74. The summed E-state index contributed by atoms with van der Waals surface area (Å²) in [7, 11) is 0. The van der Waals surface area contributed by atoms with E-state index in [1.807, 2.05) is 18.7 Å². The minimum Gasteiger partial charge on any atom is -0.340 e. The maximum absolute atomic E-state index is 12.9. The van der Waals surface area contributed by atoms with Crippen LogP contribution < -0.4 is 5.32 Å². The van der Waals surface area contributed by atoms with Crippen molar-refractivity contribution in [2.24, 2.45) is 11.8 Å². The van der Waals surface area contributed by atoms with E-state index in [2.05, 4.69) is 19.2 Å². The average Bonchev–Trinajstić information content (AvgIpc) is 3.21. The lowest BCUT2D eigenvalue weighted by atomic mass is 9.85. The molecule has 4 heteroatoms. The molecule has 2 rings (SSSR count). The number of nitrogens with zero attached hydrogens (tertiary/aromatic N) is 1. The minimum absolute atomic E-state index is 0.0441. The quantitative estimate of drug-likeness (QED) is 0.812. The van der Waals surface area contributed by atoms with Crippen LogP contribution in [0.15, 0.2) is 0 Å². The zero-order valence-electron chi connectivity index (χ0n) is 13.2. The van der Waals surface area contributed by atoms with Gasteiger partial charge in [-0.15, -0.1) is 0 Å². The third-order valence-corrected chi connectivity index (χ3v) is 4.77. The van der Waals surface area contributed by atoms with Crippen LogP contribution in [0.5, 0.6) is 0 Å². The Hall–Kier alpha value is -1.06. The molecule has 1 atom stereocenters. The van der Waals surface area contributed by atoms with Crippen molar-refractivity contribution in [1.82, 2.24) is 10.2 Å². The molecule has 1 aliphatic heterocycles. The van der Waals surface area contributed by atoms with Crippen molar-refractivity contribution >= 4 is 11.8 Å². The van der Waals surface area contributed by atoms with Crippen LogP contribution in [-0.2, 0) is 9.59 Å². The van der Waals surface area contributed by atoms with E-state index in [0.29, 0.717) is 24.7 Å². The lowest BCUT2D eigenvalue weighted by Gasteiger charge is -2.46. The topological polar surface area (TPSA) is 49.4 Å². The highest BCUT2D eigenvalue weighted by atomic mass is 16.2. The molecule has 1 saturated carbocycles. The smallest absolute Gasteiger partial charge is 0.248 e. The summed E-state index contributed by atoms with van der Waals surface area (Å²) in [6.07, 6.45) is 4.50. The monoisotopic (exact) mass is 280 g/mol. The molecule has 4 nitrogen and oxygen atoms in total. The van der Waals surface area contributed by atoms with Gasteiger partial charge in [0.1, 0.15) is 11.6 Å². The number of nitrogens with one attached hydrogen (secondary N) is 1. The lowest BCUT2D eigenvalue weighted by Crippen LogP contribution is -2.70. The first-order valence-electron chi connectivity index (χ1n) is 8.06. The molecule has 114 valence electrons. The Morgan fingerprint density at radius 1 is 1.25 bits per heavy atom. The molecule has 1 saturated heterocycles. The van der Waals surface area contributed by atoms with Crippen molar-refractivity contribution in [3.63, 3.8) is 0 Å². The molecule has 0 radical (unpaired) electrons. The number of amides is 2. The van der Waals surface area contributed by atoms with Gasteiger partial charge in [0.15, 0.2) is 0 Å². The van der Waals surface area contributed by atoms with Gasteiger partial charge in [0.2, 0.25) is 11.8 Å². The summed E-state index contributed by atoms with van der Waals surface area (Å²) < 4.78 is 0. The highest BCUT2D eigenvalue weighted by Gasteiger charge is 2.49. The Morgan fingerprint density at radius 2 is 1.85 bits per heavy atom. The first kappa shape index (κ1) is 15.3. The van der Waals surface area contributed by atoms with Crippen molar-refractivity contribution in [2.75, 3.05) is 6.54 Å². The summed E-state index contributed by atoms with van der Waals surface area (Å²) in [6, 6.07) is -0.269. The summed E-state index contributed by atoms with van der Waals surface area (Å²) in [6.45, 7) is 8.95. The third-order valence-electron chi connectivity index (χ3n) is 4.77. The van der Waals surface area contributed by atoms with Crippen LogP contribution in [0.1, 0.15) is 59.8 Å². The van der Waals surface area contributed by atoms with Crippen LogP contribution in [0, 0.1) is 11.8 Å². The number of piperazine rings is 1. The number of carbonyl (C=O) groups excluding carboxylic acids is 2. The average molecular weight is 280 g/mol. The molecule has 1 N–H and O–H groups in total. The van der Waals surface area contributed by atoms with Gasteiger partial charge in [-0.05, 0) is 43.9 Å². The van der Waals surface area contributed by atoms with Gasteiger partial charge < -0.3 is 10.2 Å². The molecular weight excluding hydrogens is 252 g/mol. The normalized spacial score (nSPS) is 26.1. The molecule has 1 aliphatic carbocycles. The molecule has 2 aliphatic rings. The highest BCUT2D eigenvalue weighted by Crippen LogP contribution is 2.34. The van der Waals surface area contributed by atoms with E-state index in [1.54, 1.807) is 0 Å². The van der Waals surface area contributed by atoms with Crippen molar-refractivity contribution < 1.29 is 9.59 Å². The highest BCUT2D eigenvalue weighted by molar-refractivity contribution is 5.99. The van der Waals surface area contributed by atoms with Crippen LogP contribution in [0.3, 0.4) is 0 Å². The molecular formula is C16H28N2O2. The number of hydrogen-bond donors (Lipinski definition) is 1. The number of rotatable bonds is 6. The van der Waals surface area contributed by atoms with Crippen LogP contribution in [-0.4, -0.2) is 34.8 Å². The molecule has 1 unspecified atom stereocenters. The fourth-order valence-corrected chi connectivity index (χ4v) is 3.13. The molecule has 0 aromatic heterocycles. The van der Waals surface area contributed by atoms with Crippen molar-refractivity contribution in [3.8, 4) is 0 Å².